The van der Waals surface area contributed by atoms with Gasteiger partial charge in [-0.1, -0.05) is 6.92 Å². The molecular weight excluding hydrogens is 382 g/mol. The van der Waals surface area contributed by atoms with Gasteiger partial charge in [0.15, 0.2) is 0 Å². The topological polar surface area (TPSA) is 105 Å². The zero-order valence-electron chi connectivity index (χ0n) is 17.1. The fraction of sp³-hybridized carbons (Fsp3) is 0.632. The van der Waals surface area contributed by atoms with Crippen molar-refractivity contribution in [2.45, 2.75) is 53.4 Å². The van der Waals surface area contributed by atoms with E-state index in [2.05, 4.69) is 9.97 Å². The second-order valence-corrected chi connectivity index (χ2v) is 7.84. The lowest BCUT2D eigenvalue weighted by atomic mass is 10.2. The molecule has 0 amide bonds. The van der Waals surface area contributed by atoms with Crippen LogP contribution in [0.3, 0.4) is 0 Å². The van der Waals surface area contributed by atoms with Crippen LogP contribution >= 0.6 is 11.3 Å². The van der Waals surface area contributed by atoms with Crippen molar-refractivity contribution in [2.75, 3.05) is 26.3 Å². The van der Waals surface area contributed by atoms with E-state index in [9.17, 15) is 14.7 Å². The van der Waals surface area contributed by atoms with Gasteiger partial charge in [-0.25, -0.2) is 9.78 Å². The summed E-state index contributed by atoms with van der Waals surface area (Å²) >= 11 is 1.17. The number of likely N-dealkylation sites (N-methyl/N-ethyl adjacent to an activating group) is 1. The lowest BCUT2D eigenvalue weighted by Gasteiger charge is -2.22. The zero-order chi connectivity index (χ0) is 20.8. The molecule has 0 aliphatic heterocycles. The summed E-state index contributed by atoms with van der Waals surface area (Å²) in [5.41, 5.74) is 0.314. The Kier molecular flexibility index (Phi) is 8.11. The summed E-state index contributed by atoms with van der Waals surface area (Å²) in [4.78, 5) is 35.1. The van der Waals surface area contributed by atoms with Crippen LogP contribution < -0.4 is 5.56 Å². The highest BCUT2D eigenvalue weighted by molar-refractivity contribution is 7.20. The molecule has 2 rings (SSSR count). The highest BCUT2D eigenvalue weighted by Gasteiger charge is 2.21. The third-order valence-corrected chi connectivity index (χ3v) is 5.35. The van der Waals surface area contributed by atoms with Gasteiger partial charge in [-0.15, -0.1) is 11.3 Å². The van der Waals surface area contributed by atoms with Crippen LogP contribution in [-0.2, 0) is 16.0 Å². The van der Waals surface area contributed by atoms with E-state index < -0.39 is 12.1 Å². The summed E-state index contributed by atoms with van der Waals surface area (Å²) in [7, 11) is 0. The molecule has 1 unspecified atom stereocenters. The monoisotopic (exact) mass is 411 g/mol. The third-order valence-electron chi connectivity index (χ3n) is 4.18. The molecule has 0 bridgehead atoms. The van der Waals surface area contributed by atoms with Crippen molar-refractivity contribution in [3.8, 4) is 0 Å². The number of aliphatic hydroxyl groups excluding tert-OH is 1. The summed E-state index contributed by atoms with van der Waals surface area (Å²) in [5, 5.41) is 10.5. The number of nitrogens with one attached hydrogen (secondary N) is 1. The standard InChI is InChI=1S/C19H29N3O5S/c1-6-22(8-13(23)10-26-7-2)9-14-20-17(24)15-12(5)16(28-18(15)21-14)19(25)27-11(3)4/h11,13,23H,6-10H2,1-5H3,(H,20,21,24). The van der Waals surface area contributed by atoms with Crippen molar-refractivity contribution in [3.63, 3.8) is 0 Å². The van der Waals surface area contributed by atoms with Gasteiger partial charge in [-0.2, -0.15) is 0 Å². The number of H-pyrrole nitrogens is 1. The molecule has 0 aromatic carbocycles. The number of rotatable bonds is 10. The first kappa shape index (κ1) is 22.5. The van der Waals surface area contributed by atoms with E-state index in [-0.39, 0.29) is 18.3 Å². The molecule has 28 heavy (non-hydrogen) atoms. The number of aliphatic hydroxyl groups is 1. The molecule has 0 radical (unpaired) electrons. The third kappa shape index (κ3) is 5.60. The molecule has 9 heteroatoms. The van der Waals surface area contributed by atoms with Gasteiger partial charge in [0, 0.05) is 13.2 Å². The minimum absolute atomic E-state index is 0.236. The molecule has 2 heterocycles. The Morgan fingerprint density at radius 1 is 1.36 bits per heavy atom. The second kappa shape index (κ2) is 10.1. The molecule has 0 aliphatic rings. The molecule has 0 spiro atoms. The van der Waals surface area contributed by atoms with E-state index in [4.69, 9.17) is 9.47 Å². The minimum Gasteiger partial charge on any atom is -0.459 e. The number of aromatic amines is 1. The van der Waals surface area contributed by atoms with Crippen LogP contribution in [0, 0.1) is 6.92 Å². The molecule has 1 atom stereocenters. The zero-order valence-corrected chi connectivity index (χ0v) is 17.9. The van der Waals surface area contributed by atoms with Crippen molar-refractivity contribution < 1.29 is 19.4 Å². The maximum Gasteiger partial charge on any atom is 0.348 e. The Bertz CT molecular complexity index is 861. The fourth-order valence-electron chi connectivity index (χ4n) is 2.85. The van der Waals surface area contributed by atoms with E-state index in [1.165, 1.54) is 11.3 Å². The average molecular weight is 412 g/mol. The molecule has 0 fully saturated rings. The Morgan fingerprint density at radius 2 is 2.07 bits per heavy atom. The van der Waals surface area contributed by atoms with Gasteiger partial charge in [-0.3, -0.25) is 9.69 Å². The summed E-state index contributed by atoms with van der Waals surface area (Å²) in [6.45, 7) is 11.4. The Balaban J connectivity index is 2.24. The van der Waals surface area contributed by atoms with Crippen molar-refractivity contribution >= 4 is 27.5 Å². The van der Waals surface area contributed by atoms with Crippen LogP contribution in [0.1, 0.15) is 48.8 Å². The number of hydrogen-bond acceptors (Lipinski definition) is 8. The number of thiophene rings is 1. The lowest BCUT2D eigenvalue weighted by molar-refractivity contribution is 0.0202. The lowest BCUT2D eigenvalue weighted by Crippen LogP contribution is -2.35. The molecule has 0 aliphatic carbocycles. The number of hydrogen-bond donors (Lipinski definition) is 2. The fourth-order valence-corrected chi connectivity index (χ4v) is 3.93. The molecule has 156 valence electrons. The highest BCUT2D eigenvalue weighted by atomic mass is 32.1. The smallest absolute Gasteiger partial charge is 0.348 e. The van der Waals surface area contributed by atoms with Gasteiger partial charge < -0.3 is 19.6 Å². The van der Waals surface area contributed by atoms with Crippen LogP contribution in [0.15, 0.2) is 4.79 Å². The number of aryl methyl sites for hydroxylation is 1. The van der Waals surface area contributed by atoms with Crippen molar-refractivity contribution in [3.05, 3.63) is 26.6 Å². The van der Waals surface area contributed by atoms with Gasteiger partial charge in [-0.05, 0) is 39.8 Å². The van der Waals surface area contributed by atoms with Gasteiger partial charge in [0.2, 0.25) is 0 Å². The largest absolute Gasteiger partial charge is 0.459 e. The predicted molar refractivity (Wildman–Crippen MR) is 109 cm³/mol. The van der Waals surface area contributed by atoms with Gasteiger partial charge >= 0.3 is 5.97 Å². The SMILES string of the molecule is CCOCC(O)CN(CC)Cc1nc2sc(C(=O)OC(C)C)c(C)c2c(=O)[nH]1. The van der Waals surface area contributed by atoms with E-state index in [0.717, 1.165) is 0 Å². The molecule has 2 N–H and O–H groups in total. The van der Waals surface area contributed by atoms with Gasteiger partial charge in [0.1, 0.15) is 15.5 Å². The van der Waals surface area contributed by atoms with E-state index in [1.54, 1.807) is 20.8 Å². The Morgan fingerprint density at radius 3 is 2.68 bits per heavy atom. The first-order valence-electron chi connectivity index (χ1n) is 9.48. The Hall–Kier alpha value is -1.81. The molecule has 2 aromatic heterocycles. The number of carbonyl (C=O) groups is 1. The number of carbonyl (C=O) groups excluding carboxylic acids is 1. The van der Waals surface area contributed by atoms with Crippen LogP contribution in [0.25, 0.3) is 10.2 Å². The van der Waals surface area contributed by atoms with Crippen molar-refractivity contribution in [1.29, 1.82) is 0 Å². The Labute approximate surface area is 168 Å². The molecule has 8 nitrogen and oxygen atoms in total. The maximum atomic E-state index is 12.6. The summed E-state index contributed by atoms with van der Waals surface area (Å²) in [5.74, 6) is 0.0543. The normalized spacial score (nSPS) is 12.9. The quantitative estimate of drug-likeness (QED) is 0.577. The predicted octanol–water partition coefficient (Wildman–Crippen LogP) is 2.08. The summed E-state index contributed by atoms with van der Waals surface area (Å²) < 4.78 is 10.5. The van der Waals surface area contributed by atoms with Crippen LogP contribution in [0.5, 0.6) is 0 Å². The van der Waals surface area contributed by atoms with Gasteiger partial charge in [0.05, 0.1) is 30.7 Å². The first-order chi connectivity index (χ1) is 13.3. The summed E-state index contributed by atoms with van der Waals surface area (Å²) in [6.07, 6.45) is -0.850. The molecular formula is C19H29N3O5S. The van der Waals surface area contributed by atoms with E-state index in [1.807, 2.05) is 18.7 Å². The van der Waals surface area contributed by atoms with Crippen LogP contribution in [-0.4, -0.2) is 64.5 Å². The maximum absolute atomic E-state index is 12.6. The van der Waals surface area contributed by atoms with Crippen molar-refractivity contribution in [2.24, 2.45) is 0 Å². The van der Waals surface area contributed by atoms with E-state index >= 15 is 0 Å². The number of aromatic nitrogens is 2. The number of esters is 1. The van der Waals surface area contributed by atoms with Crippen LogP contribution in [0.2, 0.25) is 0 Å². The minimum atomic E-state index is -0.614. The molecule has 0 saturated heterocycles. The van der Waals surface area contributed by atoms with Gasteiger partial charge in [0.25, 0.3) is 5.56 Å². The van der Waals surface area contributed by atoms with Crippen molar-refractivity contribution in [1.82, 2.24) is 14.9 Å². The second-order valence-electron chi connectivity index (χ2n) is 6.84. The molecule has 0 saturated carbocycles. The summed E-state index contributed by atoms with van der Waals surface area (Å²) in [6, 6.07) is 0. The number of ether oxygens (including phenoxy) is 2. The molecule has 2 aromatic rings. The first-order valence-corrected chi connectivity index (χ1v) is 10.3. The van der Waals surface area contributed by atoms with Crippen LogP contribution in [0.4, 0.5) is 0 Å². The van der Waals surface area contributed by atoms with E-state index in [0.29, 0.717) is 52.7 Å². The number of nitrogens with zero attached hydrogens (tertiary/aromatic N) is 2. The highest BCUT2D eigenvalue weighted by Crippen LogP contribution is 2.28. The average Bonchev–Trinajstić information content (AvgIpc) is 2.96. The number of fused-ring (bicyclic) bond motifs is 1.